The Balaban J connectivity index is 1.58. The minimum atomic E-state index is -1.74. The Kier molecular flexibility index (Phi) is 8.15. The van der Waals surface area contributed by atoms with E-state index in [-0.39, 0.29) is 30.2 Å². The summed E-state index contributed by atoms with van der Waals surface area (Å²) in [4.78, 5) is 12.2. The summed E-state index contributed by atoms with van der Waals surface area (Å²) in [5, 5.41) is 11.0. The van der Waals surface area contributed by atoms with Crippen LogP contribution >= 0.6 is 0 Å². The van der Waals surface area contributed by atoms with Crippen molar-refractivity contribution in [3.05, 3.63) is 119 Å². The Morgan fingerprint density at radius 3 is 2.51 bits per heavy atom. The summed E-state index contributed by atoms with van der Waals surface area (Å²) in [7, 11) is 0. The smallest absolute Gasteiger partial charge is 0.254 e. The van der Waals surface area contributed by atoms with Gasteiger partial charge in [0.1, 0.15) is 5.82 Å². The first-order chi connectivity index (χ1) is 18.5. The molecule has 4 nitrogen and oxygen atoms in total. The van der Waals surface area contributed by atoms with Crippen LogP contribution in [0.25, 0.3) is 0 Å². The van der Waals surface area contributed by atoms with Gasteiger partial charge in [0.15, 0.2) is 5.60 Å². The molecule has 5 heteroatoms. The van der Waals surface area contributed by atoms with Crippen molar-refractivity contribution < 1.29 is 19.0 Å². The molecule has 1 amide bonds. The highest BCUT2D eigenvalue weighted by atomic mass is 19.1. The van der Waals surface area contributed by atoms with E-state index in [2.05, 4.69) is 33.1 Å². The molecule has 4 atom stereocenters. The monoisotopic (exact) mass is 529 g/mol. The number of rotatable bonds is 11. The van der Waals surface area contributed by atoms with Gasteiger partial charge in [-0.25, -0.2) is 4.39 Å². The Morgan fingerprint density at radius 2 is 1.90 bits per heavy atom. The van der Waals surface area contributed by atoms with Crippen molar-refractivity contribution in [2.45, 2.75) is 76.6 Å². The lowest BCUT2D eigenvalue weighted by Crippen LogP contribution is -2.44. The zero-order valence-corrected chi connectivity index (χ0v) is 23.3. The summed E-state index contributed by atoms with van der Waals surface area (Å²) in [6.45, 7) is 14.6. The van der Waals surface area contributed by atoms with Gasteiger partial charge in [0.05, 0.1) is 12.2 Å². The number of carbonyl (C=O) groups is 1. The topological polar surface area (TPSA) is 72.6 Å². The zero-order valence-electron chi connectivity index (χ0n) is 23.3. The van der Waals surface area contributed by atoms with Crippen LogP contribution in [0.3, 0.4) is 0 Å². The average molecular weight is 530 g/mol. The maximum atomic E-state index is 13.5. The molecule has 0 radical (unpaired) electrons. The van der Waals surface area contributed by atoms with Crippen molar-refractivity contribution in [2.75, 3.05) is 0 Å². The summed E-state index contributed by atoms with van der Waals surface area (Å²) in [5.74, 6) is -0.939. The third-order valence-electron chi connectivity index (χ3n) is 9.25. The first-order valence-corrected chi connectivity index (χ1v) is 13.7. The van der Waals surface area contributed by atoms with Crippen LogP contribution in [0.5, 0.6) is 0 Å². The van der Waals surface area contributed by atoms with Crippen LogP contribution in [0.15, 0.2) is 96.6 Å². The predicted molar refractivity (Wildman–Crippen MR) is 154 cm³/mol. The number of aliphatic hydroxyl groups is 1. The number of amides is 1. The average Bonchev–Trinajstić information content (AvgIpc) is 3.19. The molecule has 2 aromatic rings. The predicted octanol–water partition coefficient (Wildman–Crippen LogP) is 7.16. The van der Waals surface area contributed by atoms with Crippen LogP contribution < -0.4 is 5.73 Å². The van der Waals surface area contributed by atoms with Crippen LogP contribution in [-0.4, -0.2) is 16.6 Å². The van der Waals surface area contributed by atoms with E-state index in [0.29, 0.717) is 5.56 Å². The van der Waals surface area contributed by atoms with Gasteiger partial charge in [0.2, 0.25) is 0 Å². The van der Waals surface area contributed by atoms with E-state index in [1.54, 1.807) is 19.1 Å². The highest BCUT2D eigenvalue weighted by molar-refractivity contribution is 5.85. The second kappa shape index (κ2) is 11.1. The van der Waals surface area contributed by atoms with E-state index >= 15 is 0 Å². The Hall–Kier alpha value is -3.28. The standard InChI is InChI=1S/C34H40FNO3/c1-6-23(25-13-15-29(35)16-14-25)19-27-20-28-17-18-33(5,32(28,4)21-24(27)7-2)39-22-26-11-9-10-12-30(26)34(38,8-3)31(36)37/h6-7,9-16,20,23,38H,1-2,8,17-19,21-22H2,3-5H3,(H2,36,37). The van der Waals surface area contributed by atoms with E-state index in [1.165, 1.54) is 28.9 Å². The highest BCUT2D eigenvalue weighted by Gasteiger charge is 2.54. The van der Waals surface area contributed by atoms with E-state index < -0.39 is 17.1 Å². The molecule has 0 heterocycles. The molecule has 3 N–H and O–H groups in total. The summed E-state index contributed by atoms with van der Waals surface area (Å²) in [6, 6.07) is 14.0. The molecule has 2 aliphatic carbocycles. The molecule has 0 bridgehead atoms. The van der Waals surface area contributed by atoms with Crippen LogP contribution in [0.1, 0.15) is 75.5 Å². The molecule has 0 aliphatic heterocycles. The van der Waals surface area contributed by atoms with E-state index in [0.717, 1.165) is 36.8 Å². The number of benzene rings is 2. The van der Waals surface area contributed by atoms with Crippen LogP contribution in [0.4, 0.5) is 4.39 Å². The number of hydrogen-bond donors (Lipinski definition) is 2. The molecule has 206 valence electrons. The van der Waals surface area contributed by atoms with E-state index in [9.17, 15) is 14.3 Å². The zero-order chi connectivity index (χ0) is 28.4. The number of nitrogens with two attached hydrogens (primary N) is 1. The number of hydrogen-bond acceptors (Lipinski definition) is 3. The molecule has 4 rings (SSSR count). The van der Waals surface area contributed by atoms with Gasteiger partial charge in [0, 0.05) is 11.3 Å². The van der Waals surface area contributed by atoms with Gasteiger partial charge in [-0.15, -0.1) is 6.58 Å². The van der Waals surface area contributed by atoms with Crippen molar-refractivity contribution in [3.63, 3.8) is 0 Å². The fraction of sp³-hybridized carbons (Fsp3) is 0.382. The van der Waals surface area contributed by atoms with Crippen molar-refractivity contribution in [2.24, 2.45) is 11.1 Å². The summed E-state index contributed by atoms with van der Waals surface area (Å²) in [5.41, 5.74) is 9.21. The maximum absolute atomic E-state index is 13.5. The number of fused-ring (bicyclic) bond motifs is 1. The number of ether oxygens (including phenoxy) is 1. The molecule has 0 saturated heterocycles. The quantitative estimate of drug-likeness (QED) is 0.304. The lowest BCUT2D eigenvalue weighted by Gasteiger charge is -2.44. The molecular weight excluding hydrogens is 489 g/mol. The van der Waals surface area contributed by atoms with Crippen molar-refractivity contribution in [3.8, 4) is 0 Å². The number of primary amides is 1. The molecule has 1 fully saturated rings. The second-order valence-corrected chi connectivity index (χ2v) is 11.3. The highest BCUT2D eigenvalue weighted by Crippen LogP contribution is 2.58. The molecule has 4 unspecified atom stereocenters. The summed E-state index contributed by atoms with van der Waals surface area (Å²) >= 11 is 0. The van der Waals surface area contributed by atoms with Gasteiger partial charge in [-0.3, -0.25) is 4.79 Å². The van der Waals surface area contributed by atoms with Gasteiger partial charge in [-0.2, -0.15) is 0 Å². The Labute approximate surface area is 231 Å². The fourth-order valence-corrected chi connectivity index (χ4v) is 6.29. The van der Waals surface area contributed by atoms with Crippen LogP contribution in [0, 0.1) is 11.2 Å². The van der Waals surface area contributed by atoms with Crippen LogP contribution in [0.2, 0.25) is 0 Å². The van der Waals surface area contributed by atoms with Gasteiger partial charge >= 0.3 is 0 Å². The molecule has 0 spiro atoms. The lowest BCUT2D eigenvalue weighted by atomic mass is 9.66. The number of halogens is 1. The minimum absolute atomic E-state index is 0.0693. The van der Waals surface area contributed by atoms with Gasteiger partial charge < -0.3 is 15.6 Å². The fourth-order valence-electron chi connectivity index (χ4n) is 6.29. The number of allylic oxidation sites excluding steroid dienone is 5. The van der Waals surface area contributed by atoms with Crippen LogP contribution in [-0.2, 0) is 21.7 Å². The molecule has 39 heavy (non-hydrogen) atoms. The summed E-state index contributed by atoms with van der Waals surface area (Å²) < 4.78 is 20.2. The van der Waals surface area contributed by atoms with Crippen molar-refractivity contribution in [1.82, 2.24) is 0 Å². The first kappa shape index (κ1) is 28.7. The Morgan fingerprint density at radius 1 is 1.21 bits per heavy atom. The third-order valence-corrected chi connectivity index (χ3v) is 9.25. The molecule has 2 aliphatic rings. The molecule has 0 aromatic heterocycles. The number of carbonyl (C=O) groups excluding carboxylic acids is 1. The van der Waals surface area contributed by atoms with Gasteiger partial charge in [-0.05, 0) is 79.0 Å². The molecular formula is C34H40FNO3. The summed E-state index contributed by atoms with van der Waals surface area (Å²) in [6.07, 6.45) is 9.70. The lowest BCUT2D eigenvalue weighted by molar-refractivity contribution is -0.138. The molecule has 1 saturated carbocycles. The van der Waals surface area contributed by atoms with Crippen molar-refractivity contribution >= 4 is 5.91 Å². The molecule has 2 aromatic carbocycles. The van der Waals surface area contributed by atoms with Gasteiger partial charge in [-0.1, -0.05) is 80.6 Å². The SMILES string of the molecule is C=CC1=C(CC(C=C)c2ccc(F)cc2)C=C2CCC(C)(OCc3ccccc3C(O)(CC)C(N)=O)C2(C)C1. The Bertz CT molecular complexity index is 1330. The minimum Gasteiger partial charge on any atom is -0.375 e. The normalized spacial score (nSPS) is 24.9. The maximum Gasteiger partial charge on any atom is 0.254 e. The first-order valence-electron chi connectivity index (χ1n) is 13.7. The van der Waals surface area contributed by atoms with Crippen molar-refractivity contribution in [1.29, 1.82) is 0 Å². The third kappa shape index (κ3) is 5.18. The largest absolute Gasteiger partial charge is 0.375 e. The van der Waals surface area contributed by atoms with Gasteiger partial charge in [0.25, 0.3) is 5.91 Å². The van der Waals surface area contributed by atoms with E-state index in [1.807, 2.05) is 36.4 Å². The second-order valence-electron chi connectivity index (χ2n) is 11.3. The van der Waals surface area contributed by atoms with E-state index in [4.69, 9.17) is 10.5 Å².